The van der Waals surface area contributed by atoms with Crippen molar-refractivity contribution in [1.82, 2.24) is 14.3 Å². The van der Waals surface area contributed by atoms with E-state index in [1.54, 1.807) is 4.72 Å². The van der Waals surface area contributed by atoms with Crippen LogP contribution in [0.25, 0.3) is 0 Å². The summed E-state index contributed by atoms with van der Waals surface area (Å²) in [6.45, 7) is -0.768. The summed E-state index contributed by atoms with van der Waals surface area (Å²) in [7, 11) is -1.92. The maximum absolute atomic E-state index is 12.4. The molecular weight excluding hydrogens is 464 g/mol. The third kappa shape index (κ3) is 5.58. The first-order valence-electron chi connectivity index (χ1n) is 9.35. The predicted molar refractivity (Wildman–Crippen MR) is 111 cm³/mol. The number of nitrogens with zero attached hydrogens (tertiary/aromatic N) is 2. The molecular formula is C18H22N4O10S. The fourth-order valence-electron chi connectivity index (χ4n) is 3.01. The number of carbonyl (C=O) groups excluding carboxylic acids is 1. The molecule has 2 heterocycles. The summed E-state index contributed by atoms with van der Waals surface area (Å²) >= 11 is 0. The standard InChI is InChI=1S/C18H22N4O10S/c1-29-10-5-9(6-11(7-10)30-2)16(25)21-33(27,28)31-8-12-14(23)15(24)17(32-12)22-4-3-13(19)20-18(22)26/h3-7,12,14-15,17,23-24H,8H2,1-2H3,(H,21,25)(H2,19,20,26)/t12-,14-,15-,17-/m1/s1. The van der Waals surface area contributed by atoms with Crippen molar-refractivity contribution in [3.8, 4) is 11.5 Å². The molecule has 5 N–H and O–H groups in total. The van der Waals surface area contributed by atoms with Crippen molar-refractivity contribution in [3.05, 3.63) is 46.5 Å². The number of nitrogen functional groups attached to an aromatic ring is 1. The van der Waals surface area contributed by atoms with E-state index >= 15 is 0 Å². The van der Waals surface area contributed by atoms with Gasteiger partial charge in [-0.3, -0.25) is 13.5 Å². The predicted octanol–water partition coefficient (Wildman–Crippen LogP) is -1.85. The summed E-state index contributed by atoms with van der Waals surface area (Å²) < 4.78 is 47.2. The second kappa shape index (κ2) is 9.72. The molecule has 180 valence electrons. The molecule has 1 amide bonds. The molecule has 4 atom stereocenters. The van der Waals surface area contributed by atoms with Crippen LogP contribution in [0.3, 0.4) is 0 Å². The largest absolute Gasteiger partial charge is 0.497 e. The summed E-state index contributed by atoms with van der Waals surface area (Å²) in [5.41, 5.74) is 4.48. The van der Waals surface area contributed by atoms with E-state index in [0.717, 1.165) is 4.57 Å². The highest BCUT2D eigenvalue weighted by atomic mass is 32.2. The highest BCUT2D eigenvalue weighted by Gasteiger charge is 2.45. The fraction of sp³-hybridized carbons (Fsp3) is 0.389. The molecule has 15 heteroatoms. The van der Waals surface area contributed by atoms with Crippen LogP contribution in [0.2, 0.25) is 0 Å². The highest BCUT2D eigenvalue weighted by molar-refractivity contribution is 7.85. The Morgan fingerprint density at radius 3 is 2.42 bits per heavy atom. The molecule has 1 aliphatic rings. The number of rotatable bonds is 8. The van der Waals surface area contributed by atoms with Crippen LogP contribution in [0.15, 0.2) is 35.3 Å². The summed E-state index contributed by atoms with van der Waals surface area (Å²) in [5, 5.41) is 20.4. The zero-order valence-corrected chi connectivity index (χ0v) is 18.3. The third-order valence-corrected chi connectivity index (χ3v) is 5.56. The van der Waals surface area contributed by atoms with Crippen molar-refractivity contribution in [3.63, 3.8) is 0 Å². The van der Waals surface area contributed by atoms with E-state index in [9.17, 15) is 28.2 Å². The van der Waals surface area contributed by atoms with Crippen LogP contribution in [0, 0.1) is 0 Å². The maximum Gasteiger partial charge on any atom is 0.362 e. The summed E-state index contributed by atoms with van der Waals surface area (Å²) in [4.78, 5) is 27.8. The number of anilines is 1. The third-order valence-electron chi connectivity index (χ3n) is 4.68. The van der Waals surface area contributed by atoms with Gasteiger partial charge in [-0.1, -0.05) is 0 Å². The van der Waals surface area contributed by atoms with Gasteiger partial charge in [0.1, 0.15) is 35.6 Å². The molecule has 0 aliphatic carbocycles. The van der Waals surface area contributed by atoms with Crippen molar-refractivity contribution >= 4 is 22.0 Å². The molecule has 0 saturated carbocycles. The summed E-state index contributed by atoms with van der Waals surface area (Å²) in [5.74, 6) is -0.572. The van der Waals surface area contributed by atoms with Gasteiger partial charge in [-0.15, -0.1) is 0 Å². The fourth-order valence-corrected chi connectivity index (χ4v) is 3.73. The van der Waals surface area contributed by atoms with Gasteiger partial charge < -0.3 is 30.2 Å². The Labute approximate surface area is 187 Å². The summed E-state index contributed by atoms with van der Waals surface area (Å²) in [6, 6.07) is 5.35. The number of nitrogens with one attached hydrogen (secondary N) is 1. The molecule has 1 aromatic carbocycles. The number of hydrogen-bond acceptors (Lipinski definition) is 12. The molecule has 0 bridgehead atoms. The molecule has 3 rings (SSSR count). The first-order valence-corrected chi connectivity index (χ1v) is 10.8. The van der Waals surface area contributed by atoms with E-state index in [4.69, 9.17) is 24.1 Å². The van der Waals surface area contributed by atoms with Crippen LogP contribution in [0.5, 0.6) is 11.5 Å². The Morgan fingerprint density at radius 2 is 1.85 bits per heavy atom. The number of methoxy groups -OCH3 is 2. The second-order valence-corrected chi connectivity index (χ2v) is 8.21. The number of benzene rings is 1. The zero-order valence-electron chi connectivity index (χ0n) is 17.4. The van der Waals surface area contributed by atoms with Crippen LogP contribution >= 0.6 is 0 Å². The van der Waals surface area contributed by atoms with E-state index in [1.165, 1.54) is 44.7 Å². The number of aliphatic hydroxyl groups excluding tert-OH is 2. The molecule has 0 unspecified atom stereocenters. The Balaban J connectivity index is 1.66. The molecule has 1 fully saturated rings. The SMILES string of the molecule is COc1cc(OC)cc(C(=O)NS(=O)(=O)OC[C@H]2O[C@@H](n3ccc(N)nc3=O)[C@H](O)[C@@H]2O)c1. The van der Waals surface area contributed by atoms with Gasteiger partial charge in [0.25, 0.3) is 5.91 Å². The Morgan fingerprint density at radius 1 is 1.21 bits per heavy atom. The normalized spacial score (nSPS) is 22.7. The lowest BCUT2D eigenvalue weighted by atomic mass is 10.1. The van der Waals surface area contributed by atoms with E-state index in [2.05, 4.69) is 4.98 Å². The number of nitrogens with two attached hydrogens (primary N) is 1. The van der Waals surface area contributed by atoms with Crippen molar-refractivity contribution in [2.45, 2.75) is 24.5 Å². The van der Waals surface area contributed by atoms with E-state index in [1.807, 2.05) is 0 Å². The van der Waals surface area contributed by atoms with Crippen LogP contribution in [0.1, 0.15) is 16.6 Å². The van der Waals surface area contributed by atoms with Gasteiger partial charge in [-0.05, 0) is 18.2 Å². The van der Waals surface area contributed by atoms with Crippen LogP contribution in [-0.4, -0.2) is 73.2 Å². The van der Waals surface area contributed by atoms with E-state index in [0.29, 0.717) is 0 Å². The topological polar surface area (TPSA) is 202 Å². The zero-order chi connectivity index (χ0) is 24.3. The van der Waals surface area contributed by atoms with Gasteiger partial charge in [-0.2, -0.15) is 13.4 Å². The van der Waals surface area contributed by atoms with Crippen molar-refractivity contribution in [2.24, 2.45) is 0 Å². The number of ether oxygens (including phenoxy) is 3. The number of hydrogen-bond donors (Lipinski definition) is 4. The maximum atomic E-state index is 12.4. The van der Waals surface area contributed by atoms with E-state index < -0.39 is 53.0 Å². The van der Waals surface area contributed by atoms with Crippen LogP contribution in [0.4, 0.5) is 5.82 Å². The molecule has 1 aliphatic heterocycles. The van der Waals surface area contributed by atoms with E-state index in [-0.39, 0.29) is 22.9 Å². The monoisotopic (exact) mass is 486 g/mol. The Kier molecular flexibility index (Phi) is 7.19. The lowest BCUT2D eigenvalue weighted by Gasteiger charge is -2.16. The lowest BCUT2D eigenvalue weighted by molar-refractivity contribution is -0.0509. The Hall–Kier alpha value is -3.24. The molecule has 1 aromatic heterocycles. The quantitative estimate of drug-likeness (QED) is 0.325. The first kappa shape index (κ1) is 24.4. The smallest absolute Gasteiger partial charge is 0.362 e. The van der Waals surface area contributed by atoms with Gasteiger partial charge in [0, 0.05) is 17.8 Å². The van der Waals surface area contributed by atoms with Gasteiger partial charge in [0.15, 0.2) is 6.23 Å². The van der Waals surface area contributed by atoms with Crippen LogP contribution < -0.4 is 25.6 Å². The molecule has 1 saturated heterocycles. The molecule has 33 heavy (non-hydrogen) atoms. The van der Waals surface area contributed by atoms with Crippen molar-refractivity contribution < 1.29 is 41.8 Å². The average Bonchev–Trinajstić information content (AvgIpc) is 3.05. The average molecular weight is 486 g/mol. The van der Waals surface area contributed by atoms with Gasteiger partial charge in [0.05, 0.1) is 20.8 Å². The highest BCUT2D eigenvalue weighted by Crippen LogP contribution is 2.29. The second-order valence-electron chi connectivity index (χ2n) is 6.86. The molecule has 0 spiro atoms. The minimum atomic E-state index is -4.64. The van der Waals surface area contributed by atoms with Crippen molar-refractivity contribution in [1.29, 1.82) is 0 Å². The first-order chi connectivity index (χ1) is 15.5. The number of amides is 1. The number of carbonyl (C=O) groups is 1. The molecule has 0 radical (unpaired) electrons. The lowest BCUT2D eigenvalue weighted by Crippen LogP contribution is -2.38. The molecule has 14 nitrogen and oxygen atoms in total. The number of aliphatic hydroxyl groups is 2. The summed E-state index contributed by atoms with van der Waals surface area (Å²) in [6.07, 6.45) is -4.71. The minimum absolute atomic E-state index is 0.0559. The Bertz CT molecular complexity index is 1160. The van der Waals surface area contributed by atoms with Crippen molar-refractivity contribution in [2.75, 3.05) is 26.6 Å². The number of aromatic nitrogens is 2. The van der Waals surface area contributed by atoms with Gasteiger partial charge in [-0.25, -0.2) is 9.52 Å². The van der Waals surface area contributed by atoms with Gasteiger partial charge in [0.2, 0.25) is 0 Å². The molecule has 2 aromatic rings. The van der Waals surface area contributed by atoms with Gasteiger partial charge >= 0.3 is 16.0 Å². The van der Waals surface area contributed by atoms with Crippen LogP contribution in [-0.2, 0) is 19.2 Å². The minimum Gasteiger partial charge on any atom is -0.497 e.